The smallest absolute Gasteiger partial charge is 0.238 e. The molecule has 1 aromatic carbocycles. The normalized spacial score (nSPS) is 16.1. The molecule has 0 bridgehead atoms. The van der Waals surface area contributed by atoms with Crippen LogP contribution in [0.5, 0.6) is 0 Å². The second-order valence-corrected chi connectivity index (χ2v) is 8.42. The van der Waals surface area contributed by atoms with E-state index in [2.05, 4.69) is 27.2 Å². The summed E-state index contributed by atoms with van der Waals surface area (Å²) >= 11 is 7.64. The molecule has 0 spiro atoms. The average Bonchev–Trinajstić information content (AvgIpc) is 2.98. The molecule has 1 aromatic heterocycles. The largest absolute Gasteiger partial charge is 0.325 e. The molecule has 0 aliphatic carbocycles. The Morgan fingerprint density at radius 3 is 2.52 bits per heavy atom. The van der Waals surface area contributed by atoms with Crippen molar-refractivity contribution in [3.63, 3.8) is 0 Å². The number of thiophene rings is 1. The molecule has 0 radical (unpaired) electrons. The number of hydrogen-bond acceptors (Lipinski definition) is 4. The number of aryl methyl sites for hydroxylation is 2. The molecule has 0 unspecified atom stereocenters. The molecule has 1 amide bonds. The van der Waals surface area contributed by atoms with Crippen LogP contribution in [0.25, 0.3) is 0 Å². The Labute approximate surface area is 158 Å². The van der Waals surface area contributed by atoms with Crippen LogP contribution in [0, 0.1) is 13.8 Å². The Balaban J connectivity index is 1.45. The number of anilines is 1. The van der Waals surface area contributed by atoms with Crippen molar-refractivity contribution in [2.75, 3.05) is 38.0 Å². The van der Waals surface area contributed by atoms with E-state index < -0.39 is 0 Å². The highest BCUT2D eigenvalue weighted by atomic mass is 35.5. The molecule has 1 N–H and O–H groups in total. The highest BCUT2D eigenvalue weighted by Gasteiger charge is 2.19. The second kappa shape index (κ2) is 8.32. The predicted octanol–water partition coefficient (Wildman–Crippen LogP) is 3.77. The number of carbonyl (C=O) groups excluding carboxylic acids is 1. The first-order valence-electron chi connectivity index (χ1n) is 8.55. The molecule has 6 heteroatoms. The van der Waals surface area contributed by atoms with Crippen molar-refractivity contribution in [3.8, 4) is 0 Å². The Morgan fingerprint density at radius 2 is 1.84 bits per heavy atom. The van der Waals surface area contributed by atoms with Gasteiger partial charge in [-0.3, -0.25) is 14.6 Å². The summed E-state index contributed by atoms with van der Waals surface area (Å²) in [6.45, 7) is 9.24. The molecule has 0 atom stereocenters. The first-order chi connectivity index (χ1) is 12.0. The fourth-order valence-corrected chi connectivity index (χ4v) is 4.16. The summed E-state index contributed by atoms with van der Waals surface area (Å²) in [5.41, 5.74) is 3.17. The summed E-state index contributed by atoms with van der Waals surface area (Å²) < 4.78 is 0.844. The van der Waals surface area contributed by atoms with E-state index in [-0.39, 0.29) is 5.91 Å². The van der Waals surface area contributed by atoms with Crippen LogP contribution < -0.4 is 5.32 Å². The number of piperazine rings is 1. The third-order valence-corrected chi connectivity index (χ3v) is 5.72. The molecule has 1 aliphatic heterocycles. The van der Waals surface area contributed by atoms with Gasteiger partial charge in [-0.15, -0.1) is 11.3 Å². The van der Waals surface area contributed by atoms with Gasteiger partial charge in [0.05, 0.1) is 10.9 Å². The van der Waals surface area contributed by atoms with Gasteiger partial charge in [-0.2, -0.15) is 0 Å². The van der Waals surface area contributed by atoms with Crippen LogP contribution in [0.3, 0.4) is 0 Å². The van der Waals surface area contributed by atoms with Crippen LogP contribution >= 0.6 is 22.9 Å². The van der Waals surface area contributed by atoms with E-state index in [1.165, 1.54) is 4.88 Å². The van der Waals surface area contributed by atoms with Crippen molar-refractivity contribution in [1.29, 1.82) is 0 Å². The Kier molecular flexibility index (Phi) is 6.12. The van der Waals surface area contributed by atoms with Crippen molar-refractivity contribution >= 4 is 34.5 Å². The fourth-order valence-electron chi connectivity index (χ4n) is 3.03. The Bertz CT molecular complexity index is 738. The van der Waals surface area contributed by atoms with Crippen LogP contribution in [0.15, 0.2) is 30.3 Å². The number of rotatable bonds is 5. The van der Waals surface area contributed by atoms with Gasteiger partial charge < -0.3 is 5.32 Å². The van der Waals surface area contributed by atoms with E-state index in [4.69, 9.17) is 11.6 Å². The van der Waals surface area contributed by atoms with Gasteiger partial charge in [0.25, 0.3) is 0 Å². The predicted molar refractivity (Wildman–Crippen MR) is 106 cm³/mol. The lowest BCUT2D eigenvalue weighted by molar-refractivity contribution is -0.117. The minimum atomic E-state index is 0.0622. The highest BCUT2D eigenvalue weighted by Crippen LogP contribution is 2.23. The summed E-state index contributed by atoms with van der Waals surface area (Å²) in [7, 11) is 0. The van der Waals surface area contributed by atoms with Crippen molar-refractivity contribution in [2.24, 2.45) is 0 Å². The quantitative estimate of drug-likeness (QED) is 0.861. The molecular formula is C19H24ClN3OS. The maximum atomic E-state index is 12.3. The van der Waals surface area contributed by atoms with Gasteiger partial charge in [-0.1, -0.05) is 23.7 Å². The topological polar surface area (TPSA) is 35.6 Å². The van der Waals surface area contributed by atoms with E-state index in [1.807, 2.05) is 32.0 Å². The number of nitrogens with one attached hydrogen (secondary N) is 1. The zero-order chi connectivity index (χ0) is 17.8. The van der Waals surface area contributed by atoms with E-state index in [0.717, 1.165) is 53.9 Å². The lowest BCUT2D eigenvalue weighted by Gasteiger charge is -2.34. The molecule has 4 nitrogen and oxygen atoms in total. The van der Waals surface area contributed by atoms with Gasteiger partial charge in [0.2, 0.25) is 5.91 Å². The lowest BCUT2D eigenvalue weighted by Crippen LogP contribution is -2.48. The van der Waals surface area contributed by atoms with Crippen molar-refractivity contribution in [3.05, 3.63) is 50.7 Å². The average molecular weight is 378 g/mol. The van der Waals surface area contributed by atoms with E-state index >= 15 is 0 Å². The summed E-state index contributed by atoms with van der Waals surface area (Å²) in [5.74, 6) is 0.0622. The monoisotopic (exact) mass is 377 g/mol. The summed E-state index contributed by atoms with van der Waals surface area (Å²) in [6, 6.07) is 10.2. The number of amides is 1. The van der Waals surface area contributed by atoms with Crippen molar-refractivity contribution in [1.82, 2.24) is 9.80 Å². The zero-order valence-electron chi connectivity index (χ0n) is 14.7. The van der Waals surface area contributed by atoms with Gasteiger partial charge in [0.15, 0.2) is 0 Å². The molecule has 2 heterocycles. The lowest BCUT2D eigenvalue weighted by atomic mass is 10.1. The maximum Gasteiger partial charge on any atom is 0.238 e. The molecule has 25 heavy (non-hydrogen) atoms. The van der Waals surface area contributed by atoms with Gasteiger partial charge in [0, 0.05) is 43.3 Å². The molecular weight excluding hydrogens is 354 g/mol. The van der Waals surface area contributed by atoms with E-state index in [1.54, 1.807) is 11.3 Å². The highest BCUT2D eigenvalue weighted by molar-refractivity contribution is 7.16. The maximum absolute atomic E-state index is 12.3. The summed E-state index contributed by atoms with van der Waals surface area (Å²) in [4.78, 5) is 18.3. The van der Waals surface area contributed by atoms with Crippen molar-refractivity contribution in [2.45, 2.75) is 20.4 Å². The summed E-state index contributed by atoms with van der Waals surface area (Å²) in [5, 5.41) is 3.04. The van der Waals surface area contributed by atoms with Gasteiger partial charge in [-0.25, -0.2) is 0 Å². The van der Waals surface area contributed by atoms with Gasteiger partial charge >= 0.3 is 0 Å². The number of benzene rings is 1. The molecule has 1 saturated heterocycles. The first-order valence-corrected chi connectivity index (χ1v) is 9.75. The van der Waals surface area contributed by atoms with Crippen LogP contribution in [-0.2, 0) is 11.3 Å². The fraction of sp³-hybridized carbons (Fsp3) is 0.421. The third kappa shape index (κ3) is 5.28. The number of hydrogen-bond donors (Lipinski definition) is 1. The molecule has 0 saturated carbocycles. The minimum absolute atomic E-state index is 0.0622. The van der Waals surface area contributed by atoms with Crippen LogP contribution in [0.1, 0.15) is 16.0 Å². The number of nitrogens with zero attached hydrogens (tertiary/aromatic N) is 2. The third-order valence-electron chi connectivity index (χ3n) is 4.51. The Hall–Kier alpha value is -1.40. The van der Waals surface area contributed by atoms with Gasteiger partial charge in [-0.05, 0) is 43.2 Å². The summed E-state index contributed by atoms with van der Waals surface area (Å²) in [6.07, 6.45) is 0. The number of carbonyl (C=O) groups is 1. The van der Waals surface area contributed by atoms with Crippen LogP contribution in [0.2, 0.25) is 4.34 Å². The molecule has 1 aliphatic rings. The van der Waals surface area contributed by atoms with Crippen LogP contribution in [-0.4, -0.2) is 48.4 Å². The minimum Gasteiger partial charge on any atom is -0.325 e. The standard InChI is InChI=1S/C19H24ClN3OS/c1-14-3-4-15(2)17(11-14)21-19(24)13-23-9-7-22(8-10-23)12-16-5-6-18(20)25-16/h3-6,11H,7-10,12-13H2,1-2H3,(H,21,24). The molecule has 2 aromatic rings. The zero-order valence-corrected chi connectivity index (χ0v) is 16.3. The van der Waals surface area contributed by atoms with Crippen molar-refractivity contribution < 1.29 is 4.79 Å². The molecule has 134 valence electrons. The van der Waals surface area contributed by atoms with E-state index in [9.17, 15) is 4.79 Å². The molecule has 3 rings (SSSR count). The number of halogens is 1. The molecule has 1 fully saturated rings. The van der Waals surface area contributed by atoms with E-state index in [0.29, 0.717) is 6.54 Å². The second-order valence-electron chi connectivity index (χ2n) is 6.62. The first kappa shape index (κ1) is 18.4. The Morgan fingerprint density at radius 1 is 1.12 bits per heavy atom. The van der Waals surface area contributed by atoms with Gasteiger partial charge in [0.1, 0.15) is 0 Å². The van der Waals surface area contributed by atoms with Crippen LogP contribution in [0.4, 0.5) is 5.69 Å². The SMILES string of the molecule is Cc1ccc(C)c(NC(=O)CN2CCN(Cc3ccc(Cl)s3)CC2)c1.